The Morgan fingerprint density at radius 3 is 2.10 bits per heavy atom. The minimum absolute atomic E-state index is 0.181. The first-order chi connectivity index (χ1) is 10.3. The zero-order chi connectivity index (χ0) is 14.9. The summed E-state index contributed by atoms with van der Waals surface area (Å²) in [6.07, 6.45) is 0.779. The lowest BCUT2D eigenvalue weighted by Crippen LogP contribution is -2.21. The molecule has 21 heavy (non-hydrogen) atoms. The van der Waals surface area contributed by atoms with Crippen LogP contribution in [-0.4, -0.2) is 19.2 Å². The van der Waals surface area contributed by atoms with Crippen LogP contribution in [0.4, 0.5) is 0 Å². The largest absolute Gasteiger partial charge is 0.469 e. The third-order valence-corrected chi connectivity index (χ3v) is 3.26. The second kappa shape index (κ2) is 8.22. The fraction of sp³-hybridized carbons (Fsp3) is 0.278. The van der Waals surface area contributed by atoms with Gasteiger partial charge in [0.25, 0.3) is 0 Å². The molecule has 2 aromatic rings. The molecular weight excluding hydrogens is 264 g/mol. The predicted octanol–water partition coefficient (Wildman–Crippen LogP) is 3.38. The lowest BCUT2D eigenvalue weighted by atomic mass is 10.1. The van der Waals surface area contributed by atoms with Crippen LogP contribution < -0.4 is 0 Å². The van der Waals surface area contributed by atoms with Gasteiger partial charge in [-0.3, -0.25) is 4.79 Å². The maximum Gasteiger partial charge on any atom is 0.308 e. The molecule has 0 radical (unpaired) electrons. The van der Waals surface area contributed by atoms with E-state index in [4.69, 9.17) is 9.47 Å². The fourth-order valence-electron chi connectivity index (χ4n) is 2.12. The van der Waals surface area contributed by atoms with E-state index in [1.54, 1.807) is 0 Å². The van der Waals surface area contributed by atoms with Gasteiger partial charge in [-0.05, 0) is 17.5 Å². The highest BCUT2D eigenvalue weighted by Crippen LogP contribution is 2.12. The molecule has 0 spiro atoms. The molecule has 0 bridgehead atoms. The average molecular weight is 284 g/mol. The molecule has 0 aliphatic carbocycles. The van der Waals surface area contributed by atoms with E-state index in [9.17, 15) is 4.79 Å². The number of hydrogen-bond acceptors (Lipinski definition) is 3. The van der Waals surface area contributed by atoms with Crippen molar-refractivity contribution in [3.63, 3.8) is 0 Å². The minimum atomic E-state index is -0.246. The normalized spacial score (nSPS) is 11.9. The fourth-order valence-corrected chi connectivity index (χ4v) is 2.12. The Morgan fingerprint density at radius 1 is 0.952 bits per heavy atom. The summed E-state index contributed by atoms with van der Waals surface area (Å²) in [6.45, 7) is 0.495. The molecule has 0 saturated heterocycles. The van der Waals surface area contributed by atoms with Crippen molar-refractivity contribution in [1.82, 2.24) is 0 Å². The lowest BCUT2D eigenvalue weighted by Gasteiger charge is -2.17. The van der Waals surface area contributed by atoms with Crippen LogP contribution in [0.25, 0.3) is 0 Å². The molecule has 0 heterocycles. The maximum absolute atomic E-state index is 11.5. The van der Waals surface area contributed by atoms with Crippen molar-refractivity contribution in [3.8, 4) is 0 Å². The highest BCUT2D eigenvalue weighted by Gasteiger charge is 2.15. The van der Waals surface area contributed by atoms with Gasteiger partial charge in [0.15, 0.2) is 0 Å². The van der Waals surface area contributed by atoms with E-state index in [2.05, 4.69) is 0 Å². The van der Waals surface area contributed by atoms with Gasteiger partial charge in [0, 0.05) is 0 Å². The summed E-state index contributed by atoms with van der Waals surface area (Å²) in [5.74, 6) is -0.246. The molecule has 0 aliphatic rings. The van der Waals surface area contributed by atoms with Crippen molar-refractivity contribution in [3.05, 3.63) is 71.8 Å². The quantitative estimate of drug-likeness (QED) is 0.731. The van der Waals surface area contributed by atoms with E-state index in [0.29, 0.717) is 13.0 Å². The van der Waals surface area contributed by atoms with E-state index in [-0.39, 0.29) is 18.5 Å². The number of esters is 1. The number of methoxy groups -OCH3 is 1. The smallest absolute Gasteiger partial charge is 0.308 e. The van der Waals surface area contributed by atoms with Crippen LogP contribution in [0, 0.1) is 0 Å². The molecular formula is C18H20O3. The molecule has 0 unspecified atom stereocenters. The first-order valence-corrected chi connectivity index (χ1v) is 7.04. The third-order valence-electron chi connectivity index (χ3n) is 3.26. The van der Waals surface area contributed by atoms with Crippen LogP contribution in [0.2, 0.25) is 0 Å². The molecule has 0 aliphatic heterocycles. The SMILES string of the molecule is COC(=O)C[C@H](Cc1ccccc1)OCc1ccccc1. The second-order valence-electron chi connectivity index (χ2n) is 4.89. The van der Waals surface area contributed by atoms with E-state index < -0.39 is 0 Å². The van der Waals surface area contributed by atoms with Gasteiger partial charge >= 0.3 is 5.97 Å². The van der Waals surface area contributed by atoms with Crippen LogP contribution in [0.15, 0.2) is 60.7 Å². The number of ether oxygens (including phenoxy) is 2. The summed E-state index contributed by atoms with van der Waals surface area (Å²) in [5, 5.41) is 0. The van der Waals surface area contributed by atoms with Crippen molar-refractivity contribution in [2.45, 2.75) is 25.6 Å². The number of rotatable bonds is 7. The predicted molar refractivity (Wildman–Crippen MR) is 81.8 cm³/mol. The molecule has 2 rings (SSSR count). The minimum Gasteiger partial charge on any atom is -0.469 e. The molecule has 1 atom stereocenters. The Labute approximate surface area is 125 Å². The molecule has 2 aromatic carbocycles. The van der Waals surface area contributed by atoms with Crippen LogP contribution >= 0.6 is 0 Å². The Bertz CT molecular complexity index is 537. The molecule has 0 fully saturated rings. The first kappa shape index (κ1) is 15.3. The van der Waals surface area contributed by atoms with Gasteiger partial charge in [0.2, 0.25) is 0 Å². The van der Waals surface area contributed by atoms with Gasteiger partial charge in [-0.1, -0.05) is 60.7 Å². The summed E-state index contributed by atoms with van der Waals surface area (Å²) in [4.78, 5) is 11.5. The van der Waals surface area contributed by atoms with Crippen molar-refractivity contribution in [2.24, 2.45) is 0 Å². The summed E-state index contributed by atoms with van der Waals surface area (Å²) >= 11 is 0. The van der Waals surface area contributed by atoms with Gasteiger partial charge in [-0.2, -0.15) is 0 Å². The van der Waals surface area contributed by atoms with Crippen LogP contribution in [0.3, 0.4) is 0 Å². The van der Waals surface area contributed by atoms with Crippen molar-refractivity contribution in [1.29, 1.82) is 0 Å². The van der Waals surface area contributed by atoms with E-state index in [1.807, 2.05) is 60.7 Å². The van der Waals surface area contributed by atoms with Crippen molar-refractivity contribution in [2.75, 3.05) is 7.11 Å². The Balaban J connectivity index is 1.96. The summed E-state index contributed by atoms with van der Waals surface area (Å²) in [6, 6.07) is 20.0. The van der Waals surface area contributed by atoms with Gasteiger partial charge in [-0.15, -0.1) is 0 Å². The topological polar surface area (TPSA) is 35.5 Å². The van der Waals surface area contributed by atoms with Crippen molar-refractivity contribution < 1.29 is 14.3 Å². The molecule has 3 heteroatoms. The molecule has 0 saturated carbocycles. The zero-order valence-corrected chi connectivity index (χ0v) is 12.2. The highest BCUT2D eigenvalue weighted by atomic mass is 16.5. The highest BCUT2D eigenvalue weighted by molar-refractivity contribution is 5.69. The number of benzene rings is 2. The molecule has 3 nitrogen and oxygen atoms in total. The summed E-state index contributed by atoms with van der Waals surface area (Å²) < 4.78 is 10.7. The van der Waals surface area contributed by atoms with E-state index in [1.165, 1.54) is 7.11 Å². The summed E-state index contributed by atoms with van der Waals surface area (Å²) in [7, 11) is 1.40. The summed E-state index contributed by atoms with van der Waals surface area (Å²) in [5.41, 5.74) is 2.25. The van der Waals surface area contributed by atoms with Crippen LogP contribution in [0.1, 0.15) is 17.5 Å². The van der Waals surface area contributed by atoms with Crippen LogP contribution in [0.5, 0.6) is 0 Å². The van der Waals surface area contributed by atoms with Crippen molar-refractivity contribution >= 4 is 5.97 Å². The Hall–Kier alpha value is -2.13. The van der Waals surface area contributed by atoms with Gasteiger partial charge in [0.1, 0.15) is 0 Å². The van der Waals surface area contributed by atoms with Crippen LogP contribution in [-0.2, 0) is 27.3 Å². The van der Waals surface area contributed by atoms with E-state index in [0.717, 1.165) is 11.1 Å². The number of hydrogen-bond donors (Lipinski definition) is 0. The third kappa shape index (κ3) is 5.40. The molecule has 0 aromatic heterocycles. The lowest BCUT2D eigenvalue weighted by molar-refractivity contribution is -0.144. The van der Waals surface area contributed by atoms with Gasteiger partial charge < -0.3 is 9.47 Å². The van der Waals surface area contributed by atoms with E-state index >= 15 is 0 Å². The molecule has 0 amide bonds. The Morgan fingerprint density at radius 2 is 1.52 bits per heavy atom. The monoisotopic (exact) mass is 284 g/mol. The first-order valence-electron chi connectivity index (χ1n) is 7.04. The Kier molecular flexibility index (Phi) is 5.98. The molecule has 0 N–H and O–H groups in total. The molecule has 110 valence electrons. The maximum atomic E-state index is 11.5. The standard InChI is InChI=1S/C18H20O3/c1-20-18(19)13-17(12-15-8-4-2-5-9-15)21-14-16-10-6-3-7-11-16/h2-11,17H,12-14H2,1H3/t17-/m0/s1. The zero-order valence-electron chi connectivity index (χ0n) is 12.2. The van der Waals surface area contributed by atoms with Gasteiger partial charge in [-0.25, -0.2) is 0 Å². The number of carbonyl (C=O) groups is 1. The average Bonchev–Trinajstić information content (AvgIpc) is 2.54. The number of carbonyl (C=O) groups excluding carboxylic acids is 1. The van der Waals surface area contributed by atoms with Gasteiger partial charge in [0.05, 0.1) is 26.2 Å². The second-order valence-corrected chi connectivity index (χ2v) is 4.89.